The number of hydrogen-bond acceptors (Lipinski definition) is 5. The Morgan fingerprint density at radius 3 is 3.27 bits per heavy atom. The van der Waals surface area contributed by atoms with Gasteiger partial charge in [0, 0.05) is 0 Å². The first kappa shape index (κ1) is 5.96. The minimum atomic E-state index is -0.425. The van der Waals surface area contributed by atoms with Crippen LogP contribution in [0.1, 0.15) is 0 Å². The van der Waals surface area contributed by atoms with E-state index in [1.54, 1.807) is 0 Å². The van der Waals surface area contributed by atoms with Gasteiger partial charge < -0.3 is 4.42 Å². The lowest BCUT2D eigenvalue weighted by molar-refractivity contribution is 0.538. The van der Waals surface area contributed by atoms with Gasteiger partial charge in [-0.25, -0.2) is 0 Å². The van der Waals surface area contributed by atoms with Gasteiger partial charge in [0.1, 0.15) is 6.26 Å². The van der Waals surface area contributed by atoms with Crippen LogP contribution in [0.25, 0.3) is 11.3 Å². The third-order valence-electron chi connectivity index (χ3n) is 1.26. The van der Waals surface area contributed by atoms with E-state index in [2.05, 4.69) is 15.2 Å². The highest BCUT2D eigenvalue weighted by atomic mass is 16.3. The molecule has 0 atom stereocenters. The highest BCUT2D eigenvalue weighted by Gasteiger charge is 2.07. The number of rotatable bonds is 0. The van der Waals surface area contributed by atoms with Crippen LogP contribution in [0.4, 0.5) is 0 Å². The first-order chi connectivity index (χ1) is 5.38. The van der Waals surface area contributed by atoms with Crippen LogP contribution < -0.4 is 5.56 Å². The molecule has 0 aromatic carbocycles. The molecule has 0 N–H and O–H groups in total. The van der Waals surface area contributed by atoms with Crippen molar-refractivity contribution in [3.05, 3.63) is 29.2 Å². The molecule has 0 amide bonds. The maximum absolute atomic E-state index is 11.0. The second-order valence-electron chi connectivity index (χ2n) is 1.94. The van der Waals surface area contributed by atoms with Crippen LogP contribution in [-0.2, 0) is 0 Å². The van der Waals surface area contributed by atoms with Crippen molar-refractivity contribution in [1.29, 1.82) is 0 Å². The summed E-state index contributed by atoms with van der Waals surface area (Å²) in [4.78, 5) is 14.4. The van der Waals surface area contributed by atoms with Crippen LogP contribution in [-0.4, -0.2) is 15.2 Å². The van der Waals surface area contributed by atoms with Crippen molar-refractivity contribution in [1.82, 2.24) is 15.2 Å². The molecular weight excluding hydrogens is 146 g/mol. The molecule has 11 heavy (non-hydrogen) atoms. The molecule has 0 radical (unpaired) electrons. The summed E-state index contributed by atoms with van der Waals surface area (Å²) < 4.78 is 4.73. The van der Waals surface area contributed by atoms with Crippen molar-refractivity contribution in [2.24, 2.45) is 0 Å². The fourth-order valence-electron chi connectivity index (χ4n) is 0.763. The summed E-state index contributed by atoms with van der Waals surface area (Å²) in [7, 11) is 0. The fraction of sp³-hybridized carbons (Fsp3) is 0. The average Bonchev–Trinajstić information content (AvgIpc) is 2.40. The molecule has 2 aliphatic rings. The highest BCUT2D eigenvalue weighted by molar-refractivity contribution is 5.54. The zero-order valence-corrected chi connectivity index (χ0v) is 5.39. The average molecular weight is 149 g/mol. The van der Waals surface area contributed by atoms with E-state index in [1.165, 1.54) is 12.5 Å². The molecule has 0 aromatic rings. The molecule has 5 nitrogen and oxygen atoms in total. The summed E-state index contributed by atoms with van der Waals surface area (Å²) >= 11 is 0. The Balaban J connectivity index is 2.89. The molecule has 2 heterocycles. The van der Waals surface area contributed by atoms with E-state index >= 15 is 0 Å². The van der Waals surface area contributed by atoms with E-state index in [4.69, 9.17) is 4.42 Å². The maximum atomic E-state index is 11.0. The van der Waals surface area contributed by atoms with Crippen molar-refractivity contribution in [2.45, 2.75) is 0 Å². The third-order valence-corrected chi connectivity index (χ3v) is 1.26. The van der Waals surface area contributed by atoms with Gasteiger partial charge in [-0.1, -0.05) is 0 Å². The fourth-order valence-corrected chi connectivity index (χ4v) is 0.763. The van der Waals surface area contributed by atoms with Gasteiger partial charge in [-0.05, 0) is 0 Å². The molecular formula is C6H3N3O2. The number of nitrogens with zero attached hydrogens (tertiary/aromatic N) is 3. The predicted octanol–water partition coefficient (Wildman–Crippen LogP) is -0.0704. The molecule has 0 bridgehead atoms. The quantitative estimate of drug-likeness (QED) is 0.524. The Morgan fingerprint density at radius 1 is 1.45 bits per heavy atom. The topological polar surface area (TPSA) is 68.9 Å². The smallest absolute Gasteiger partial charge is 0.301 e. The molecule has 0 saturated heterocycles. The second-order valence-corrected chi connectivity index (χ2v) is 1.94. The van der Waals surface area contributed by atoms with Gasteiger partial charge >= 0.3 is 5.56 Å². The Hall–Kier alpha value is -1.78. The van der Waals surface area contributed by atoms with Crippen LogP contribution in [0, 0.1) is 0 Å². The van der Waals surface area contributed by atoms with E-state index in [0.717, 1.165) is 6.39 Å². The van der Waals surface area contributed by atoms with E-state index in [9.17, 15) is 4.79 Å². The van der Waals surface area contributed by atoms with Crippen LogP contribution >= 0.6 is 0 Å². The Morgan fingerprint density at radius 2 is 2.36 bits per heavy atom. The SMILES string of the molecule is O=c1ncocc2cnnc1-2. The minimum absolute atomic E-state index is 0.235. The van der Waals surface area contributed by atoms with Gasteiger partial charge in [0.25, 0.3) is 0 Å². The molecule has 0 unspecified atom stereocenters. The third kappa shape index (κ3) is 0.861. The molecule has 0 spiro atoms. The second kappa shape index (κ2) is 2.12. The predicted molar refractivity (Wildman–Crippen MR) is 35.0 cm³/mol. The summed E-state index contributed by atoms with van der Waals surface area (Å²) in [6.45, 7) is 0. The molecule has 54 valence electrons. The van der Waals surface area contributed by atoms with Gasteiger partial charge in [0.05, 0.1) is 11.8 Å². The number of aromatic nitrogens is 3. The van der Waals surface area contributed by atoms with Gasteiger partial charge in [-0.15, -0.1) is 5.10 Å². The Kier molecular flexibility index (Phi) is 1.15. The molecule has 0 aromatic heterocycles. The zero-order chi connectivity index (χ0) is 7.68. The normalized spacial score (nSPS) is 10.2. The maximum Gasteiger partial charge on any atom is 0.301 e. The molecule has 0 fully saturated rings. The van der Waals surface area contributed by atoms with Crippen molar-refractivity contribution < 1.29 is 4.42 Å². The van der Waals surface area contributed by atoms with Gasteiger partial charge in [-0.3, -0.25) is 4.79 Å². The van der Waals surface area contributed by atoms with Gasteiger partial charge in [0.2, 0.25) is 0 Å². The van der Waals surface area contributed by atoms with Gasteiger partial charge in [0.15, 0.2) is 12.1 Å². The molecule has 5 heteroatoms. The van der Waals surface area contributed by atoms with E-state index in [-0.39, 0.29) is 5.69 Å². The Labute approximate surface area is 61.1 Å². The molecule has 2 rings (SSSR count). The number of hydrogen-bond donors (Lipinski definition) is 0. The standard InChI is InChI=1S/C6H3N3O2/c10-6-5-4(1-8-9-5)2-11-3-7-6/h1-3H. The first-order valence-electron chi connectivity index (χ1n) is 2.92. The largest absolute Gasteiger partial charge is 0.453 e. The molecule has 2 aliphatic heterocycles. The summed E-state index contributed by atoms with van der Waals surface area (Å²) in [5, 5.41) is 7.11. The lowest BCUT2D eigenvalue weighted by Crippen LogP contribution is -2.04. The van der Waals surface area contributed by atoms with Crippen molar-refractivity contribution >= 4 is 0 Å². The van der Waals surface area contributed by atoms with E-state index < -0.39 is 5.56 Å². The lowest BCUT2D eigenvalue weighted by Gasteiger charge is -1.77. The minimum Gasteiger partial charge on any atom is -0.453 e. The summed E-state index contributed by atoms with van der Waals surface area (Å²) in [5.41, 5.74) is 0.373. The molecule has 0 saturated carbocycles. The summed E-state index contributed by atoms with van der Waals surface area (Å²) in [6.07, 6.45) is 3.90. The highest BCUT2D eigenvalue weighted by Crippen LogP contribution is 2.09. The van der Waals surface area contributed by atoms with Crippen LogP contribution in [0.2, 0.25) is 0 Å². The van der Waals surface area contributed by atoms with Crippen LogP contribution in [0.15, 0.2) is 28.1 Å². The zero-order valence-electron chi connectivity index (χ0n) is 5.39. The first-order valence-corrected chi connectivity index (χ1v) is 2.92. The molecule has 0 aliphatic carbocycles. The summed E-state index contributed by atoms with van der Waals surface area (Å²) in [6, 6.07) is 0. The monoisotopic (exact) mass is 149 g/mol. The van der Waals surface area contributed by atoms with Crippen molar-refractivity contribution in [3.63, 3.8) is 0 Å². The Bertz CT molecular complexity index is 397. The summed E-state index contributed by atoms with van der Waals surface area (Å²) in [5.74, 6) is 0. The van der Waals surface area contributed by atoms with Crippen molar-refractivity contribution in [3.8, 4) is 11.3 Å². The van der Waals surface area contributed by atoms with E-state index in [0.29, 0.717) is 5.56 Å². The van der Waals surface area contributed by atoms with Crippen LogP contribution in [0.3, 0.4) is 0 Å². The van der Waals surface area contributed by atoms with Gasteiger partial charge in [-0.2, -0.15) is 10.1 Å². The number of fused-ring (bicyclic) bond motifs is 1. The van der Waals surface area contributed by atoms with E-state index in [1.807, 2.05) is 0 Å². The van der Waals surface area contributed by atoms with Crippen LogP contribution in [0.5, 0.6) is 0 Å². The lowest BCUT2D eigenvalue weighted by atomic mass is 10.3. The van der Waals surface area contributed by atoms with Crippen molar-refractivity contribution in [2.75, 3.05) is 0 Å².